The van der Waals surface area contributed by atoms with Gasteiger partial charge in [-0.2, -0.15) is 0 Å². The minimum absolute atomic E-state index is 0.104. The summed E-state index contributed by atoms with van der Waals surface area (Å²) in [5.74, 6) is 0.0808. The quantitative estimate of drug-likeness (QED) is 0.591. The Hall–Kier alpha value is -3.93. The monoisotopic (exact) mass is 414 g/mol. The van der Waals surface area contributed by atoms with Crippen LogP contribution in [-0.2, 0) is 4.79 Å². The normalized spacial score (nSPS) is 13.2. The summed E-state index contributed by atoms with van der Waals surface area (Å²) in [7, 11) is 0. The van der Waals surface area contributed by atoms with Crippen molar-refractivity contribution in [3.8, 4) is 11.5 Å². The number of rotatable bonds is 4. The number of para-hydroxylation sites is 1. The van der Waals surface area contributed by atoms with Crippen molar-refractivity contribution in [3.05, 3.63) is 83.9 Å². The first-order chi connectivity index (χ1) is 14.7. The molecule has 0 unspecified atom stereocenters. The summed E-state index contributed by atoms with van der Waals surface area (Å²) >= 11 is 0. The van der Waals surface area contributed by atoms with Crippen LogP contribution in [0.25, 0.3) is 0 Å². The molecule has 0 fully saturated rings. The number of fused-ring (bicyclic) bond motifs is 1. The van der Waals surface area contributed by atoms with E-state index in [9.17, 15) is 14.4 Å². The second-order valence-corrected chi connectivity index (χ2v) is 8.32. The number of anilines is 2. The Morgan fingerprint density at radius 1 is 0.806 bits per heavy atom. The van der Waals surface area contributed by atoms with E-state index in [-0.39, 0.29) is 17.7 Å². The van der Waals surface area contributed by atoms with Crippen molar-refractivity contribution in [2.75, 3.05) is 10.2 Å². The van der Waals surface area contributed by atoms with Gasteiger partial charge >= 0.3 is 0 Å². The standard InChI is InChI=1S/C25H22N2O4/c1-25(2,3)24(30)26-16-8-7-11-18(14-16)31-19-12-13-20-21(15-19)23(29)27(22(20)28)17-9-5-4-6-10-17/h4-15H,1-3H3,(H,26,30). The van der Waals surface area contributed by atoms with Gasteiger partial charge in [0.2, 0.25) is 5.91 Å². The summed E-state index contributed by atoms with van der Waals surface area (Å²) < 4.78 is 5.90. The third-order valence-electron chi connectivity index (χ3n) is 4.88. The second kappa shape index (κ2) is 7.72. The largest absolute Gasteiger partial charge is 0.457 e. The van der Waals surface area contributed by atoms with Gasteiger partial charge in [-0.25, -0.2) is 4.90 Å². The first-order valence-electron chi connectivity index (χ1n) is 9.91. The molecule has 3 amide bonds. The van der Waals surface area contributed by atoms with E-state index in [0.717, 1.165) is 4.90 Å². The lowest BCUT2D eigenvalue weighted by Gasteiger charge is -2.18. The third-order valence-corrected chi connectivity index (χ3v) is 4.88. The Morgan fingerprint density at radius 2 is 1.48 bits per heavy atom. The lowest BCUT2D eigenvalue weighted by Crippen LogP contribution is -2.29. The number of nitrogens with zero attached hydrogens (tertiary/aromatic N) is 1. The highest BCUT2D eigenvalue weighted by Crippen LogP contribution is 2.33. The van der Waals surface area contributed by atoms with Crippen molar-refractivity contribution in [2.45, 2.75) is 20.8 Å². The van der Waals surface area contributed by atoms with E-state index in [4.69, 9.17) is 4.74 Å². The van der Waals surface area contributed by atoms with Gasteiger partial charge in [0.1, 0.15) is 11.5 Å². The predicted molar refractivity (Wildman–Crippen MR) is 119 cm³/mol. The summed E-state index contributed by atoms with van der Waals surface area (Å²) in [6.45, 7) is 5.51. The number of amides is 3. The average Bonchev–Trinajstić information content (AvgIpc) is 2.98. The van der Waals surface area contributed by atoms with Crippen LogP contribution in [0.1, 0.15) is 41.5 Å². The Kier molecular flexibility index (Phi) is 5.07. The zero-order valence-corrected chi connectivity index (χ0v) is 17.5. The molecule has 0 saturated heterocycles. The van der Waals surface area contributed by atoms with Gasteiger partial charge < -0.3 is 10.1 Å². The van der Waals surface area contributed by atoms with Crippen LogP contribution in [-0.4, -0.2) is 17.7 Å². The molecule has 0 aliphatic carbocycles. The zero-order valence-electron chi connectivity index (χ0n) is 17.5. The van der Waals surface area contributed by atoms with E-state index in [1.807, 2.05) is 26.8 Å². The lowest BCUT2D eigenvalue weighted by molar-refractivity contribution is -0.123. The van der Waals surface area contributed by atoms with Gasteiger partial charge in [0, 0.05) is 17.2 Å². The number of carbonyl (C=O) groups excluding carboxylic acids is 3. The van der Waals surface area contributed by atoms with E-state index < -0.39 is 5.41 Å². The molecule has 1 aliphatic rings. The van der Waals surface area contributed by atoms with Crippen LogP contribution in [0.15, 0.2) is 72.8 Å². The van der Waals surface area contributed by atoms with Crippen LogP contribution < -0.4 is 15.0 Å². The van der Waals surface area contributed by atoms with Crippen LogP contribution in [0.5, 0.6) is 11.5 Å². The van der Waals surface area contributed by atoms with Crippen LogP contribution in [0, 0.1) is 5.41 Å². The Bertz CT molecular complexity index is 1180. The molecule has 6 nitrogen and oxygen atoms in total. The van der Waals surface area contributed by atoms with Gasteiger partial charge in [0.05, 0.1) is 16.8 Å². The SMILES string of the molecule is CC(C)(C)C(=O)Nc1cccc(Oc2ccc3c(c2)C(=O)N(c2ccccc2)C3=O)c1. The van der Waals surface area contributed by atoms with Crippen molar-refractivity contribution in [2.24, 2.45) is 5.41 Å². The Morgan fingerprint density at radius 3 is 2.19 bits per heavy atom. The molecule has 156 valence electrons. The van der Waals surface area contributed by atoms with Crippen molar-refractivity contribution in [3.63, 3.8) is 0 Å². The maximum absolute atomic E-state index is 12.9. The van der Waals surface area contributed by atoms with Crippen LogP contribution in [0.2, 0.25) is 0 Å². The average molecular weight is 414 g/mol. The Labute approximate surface area is 180 Å². The molecule has 3 aromatic rings. The molecule has 3 aromatic carbocycles. The van der Waals surface area contributed by atoms with Gasteiger partial charge in [-0.05, 0) is 42.5 Å². The van der Waals surface area contributed by atoms with Gasteiger partial charge in [-0.3, -0.25) is 14.4 Å². The molecule has 1 aliphatic heterocycles. The number of hydrogen-bond acceptors (Lipinski definition) is 4. The minimum atomic E-state index is -0.519. The summed E-state index contributed by atoms with van der Waals surface area (Å²) in [5, 5.41) is 2.86. The predicted octanol–water partition coefficient (Wildman–Crippen LogP) is 5.26. The molecule has 0 saturated carbocycles. The number of hydrogen-bond donors (Lipinski definition) is 1. The molecular formula is C25H22N2O4. The van der Waals surface area contributed by atoms with Crippen molar-refractivity contribution in [1.82, 2.24) is 0 Å². The summed E-state index contributed by atoms with van der Waals surface area (Å²) in [4.78, 5) is 39.0. The fourth-order valence-corrected chi connectivity index (χ4v) is 3.19. The highest BCUT2D eigenvalue weighted by Gasteiger charge is 2.36. The number of carbonyl (C=O) groups is 3. The summed E-state index contributed by atoms with van der Waals surface area (Å²) in [5.41, 5.74) is 1.25. The first-order valence-corrected chi connectivity index (χ1v) is 9.91. The topological polar surface area (TPSA) is 75.7 Å². The minimum Gasteiger partial charge on any atom is -0.457 e. The number of imide groups is 1. The third kappa shape index (κ3) is 4.05. The molecule has 1 N–H and O–H groups in total. The molecule has 1 heterocycles. The lowest BCUT2D eigenvalue weighted by atomic mass is 9.95. The van der Waals surface area contributed by atoms with E-state index in [1.165, 1.54) is 0 Å². The molecule has 0 radical (unpaired) electrons. The zero-order chi connectivity index (χ0) is 22.2. The van der Waals surface area contributed by atoms with E-state index >= 15 is 0 Å². The first kappa shape index (κ1) is 20.3. The molecular weight excluding hydrogens is 392 g/mol. The van der Waals surface area contributed by atoms with Gasteiger partial charge in [-0.1, -0.05) is 45.0 Å². The molecule has 31 heavy (non-hydrogen) atoms. The van der Waals surface area contributed by atoms with Crippen molar-refractivity contribution < 1.29 is 19.1 Å². The number of benzene rings is 3. The highest BCUT2D eigenvalue weighted by atomic mass is 16.5. The number of nitrogens with one attached hydrogen (secondary N) is 1. The second-order valence-electron chi connectivity index (χ2n) is 8.32. The van der Waals surface area contributed by atoms with E-state index in [1.54, 1.807) is 66.7 Å². The molecule has 4 rings (SSSR count). The molecule has 0 aromatic heterocycles. The Balaban J connectivity index is 1.56. The summed E-state index contributed by atoms with van der Waals surface area (Å²) in [6.07, 6.45) is 0. The van der Waals surface area contributed by atoms with Crippen LogP contribution in [0.3, 0.4) is 0 Å². The molecule has 0 atom stereocenters. The maximum atomic E-state index is 12.9. The highest BCUT2D eigenvalue weighted by molar-refractivity contribution is 6.34. The van der Waals surface area contributed by atoms with Crippen molar-refractivity contribution in [1.29, 1.82) is 0 Å². The van der Waals surface area contributed by atoms with Crippen molar-refractivity contribution >= 4 is 29.1 Å². The van der Waals surface area contributed by atoms with E-state index in [0.29, 0.717) is 34.0 Å². The molecule has 6 heteroatoms. The maximum Gasteiger partial charge on any atom is 0.266 e. The van der Waals surface area contributed by atoms with Gasteiger partial charge in [0.25, 0.3) is 11.8 Å². The van der Waals surface area contributed by atoms with Crippen LogP contribution in [0.4, 0.5) is 11.4 Å². The number of ether oxygens (including phenoxy) is 1. The van der Waals surface area contributed by atoms with Gasteiger partial charge in [0.15, 0.2) is 0 Å². The molecule has 0 bridgehead atoms. The van der Waals surface area contributed by atoms with E-state index in [2.05, 4.69) is 5.32 Å². The fourth-order valence-electron chi connectivity index (χ4n) is 3.19. The fraction of sp³-hybridized carbons (Fsp3) is 0.160. The van der Waals surface area contributed by atoms with Gasteiger partial charge in [-0.15, -0.1) is 0 Å². The van der Waals surface area contributed by atoms with Crippen LogP contribution >= 0.6 is 0 Å². The smallest absolute Gasteiger partial charge is 0.266 e. The molecule has 0 spiro atoms. The summed E-state index contributed by atoms with van der Waals surface area (Å²) in [6, 6.07) is 20.6.